The van der Waals surface area contributed by atoms with E-state index >= 15 is 0 Å². The minimum absolute atomic E-state index is 0.0436. The van der Waals surface area contributed by atoms with Crippen LogP contribution in [-0.4, -0.2) is 57.8 Å². The first-order valence-corrected chi connectivity index (χ1v) is 9.41. The normalized spacial score (nSPS) is 56.2. The summed E-state index contributed by atoms with van der Waals surface area (Å²) < 4.78 is 11.5. The molecule has 146 valence electrons. The number of allylic oxidation sites excluding steroid dienone is 1. The van der Waals surface area contributed by atoms with Gasteiger partial charge in [0.2, 0.25) is 0 Å². The van der Waals surface area contributed by atoms with E-state index in [1.165, 1.54) is 6.08 Å². The molecule has 5 aliphatic rings. The number of carbonyl (C=O) groups is 2. The van der Waals surface area contributed by atoms with E-state index in [0.717, 1.165) is 5.57 Å². The maximum absolute atomic E-state index is 12.5. The highest BCUT2D eigenvalue weighted by atomic mass is 16.6. The van der Waals surface area contributed by atoms with Gasteiger partial charge < -0.3 is 24.8 Å². The van der Waals surface area contributed by atoms with Crippen molar-refractivity contribution in [3.8, 4) is 0 Å². The topological polar surface area (TPSA) is 113 Å². The van der Waals surface area contributed by atoms with Crippen molar-refractivity contribution in [2.45, 2.75) is 50.8 Å². The number of rotatable bonds is 0. The minimum Gasteiger partial charge on any atom is -0.462 e. The van der Waals surface area contributed by atoms with Crippen LogP contribution in [-0.2, 0) is 19.1 Å². The van der Waals surface area contributed by atoms with Crippen LogP contribution in [0.4, 0.5) is 0 Å². The summed E-state index contributed by atoms with van der Waals surface area (Å²) >= 11 is 0. The predicted molar refractivity (Wildman–Crippen MR) is 90.9 cm³/mol. The maximum atomic E-state index is 12.5. The van der Waals surface area contributed by atoms with Crippen LogP contribution < -0.4 is 0 Å². The molecule has 27 heavy (non-hydrogen) atoms. The van der Waals surface area contributed by atoms with Crippen LogP contribution in [0.5, 0.6) is 0 Å². The van der Waals surface area contributed by atoms with E-state index in [1.807, 2.05) is 6.92 Å². The zero-order valence-electron chi connectivity index (χ0n) is 15.3. The molecule has 0 aromatic rings. The summed E-state index contributed by atoms with van der Waals surface area (Å²) in [6, 6.07) is 0. The van der Waals surface area contributed by atoms with Gasteiger partial charge in [-0.15, -0.1) is 0 Å². The van der Waals surface area contributed by atoms with E-state index < -0.39 is 52.5 Å². The van der Waals surface area contributed by atoms with Crippen molar-refractivity contribution in [1.29, 1.82) is 0 Å². The van der Waals surface area contributed by atoms with Gasteiger partial charge in [0.15, 0.2) is 11.6 Å². The van der Waals surface area contributed by atoms with E-state index in [9.17, 15) is 24.9 Å². The van der Waals surface area contributed by atoms with Crippen molar-refractivity contribution in [2.75, 3.05) is 6.61 Å². The zero-order valence-corrected chi connectivity index (χ0v) is 15.3. The van der Waals surface area contributed by atoms with Crippen molar-refractivity contribution in [3.05, 3.63) is 23.8 Å². The van der Waals surface area contributed by atoms with Gasteiger partial charge in [0.25, 0.3) is 0 Å². The average molecular weight is 376 g/mol. The van der Waals surface area contributed by atoms with Gasteiger partial charge in [-0.05, 0) is 30.9 Å². The molecular weight excluding hydrogens is 352 g/mol. The lowest BCUT2D eigenvalue weighted by Crippen LogP contribution is -2.74. The van der Waals surface area contributed by atoms with Gasteiger partial charge in [-0.1, -0.05) is 19.1 Å². The third kappa shape index (κ3) is 1.69. The molecule has 2 bridgehead atoms. The van der Waals surface area contributed by atoms with Crippen molar-refractivity contribution in [3.63, 3.8) is 0 Å². The summed E-state index contributed by atoms with van der Waals surface area (Å²) in [4.78, 5) is 24.8. The Morgan fingerprint density at radius 2 is 1.93 bits per heavy atom. The fourth-order valence-corrected chi connectivity index (χ4v) is 7.14. The summed E-state index contributed by atoms with van der Waals surface area (Å²) in [5.74, 6) is -4.25. The Hall–Kier alpha value is -1.54. The number of aliphatic hydroxyl groups is 3. The van der Waals surface area contributed by atoms with Gasteiger partial charge in [0.1, 0.15) is 18.3 Å². The van der Waals surface area contributed by atoms with E-state index in [1.54, 1.807) is 6.92 Å². The standard InChI is InChI=1S/C20H24O7/c1-8-4-12(21)16(24)18(3)10(8)5-13-19-7-26-20(25,17(18)19)15(23)9(2)11(19)6-14(22)27-13/h4,10-11,13,15-17,23-25H,2,5-7H2,1,3H3/t10-,11-,13+,15+,16-,17+,18+,19-,20+/m0/s1. The number of carbonyl (C=O) groups excluding carboxylic acids is 2. The Bertz CT molecular complexity index is 817. The van der Waals surface area contributed by atoms with Gasteiger partial charge in [-0.2, -0.15) is 0 Å². The molecule has 3 N–H and O–H groups in total. The first-order chi connectivity index (χ1) is 12.6. The number of aliphatic hydroxyl groups excluding tert-OH is 2. The van der Waals surface area contributed by atoms with Gasteiger partial charge in [-0.3, -0.25) is 9.59 Å². The van der Waals surface area contributed by atoms with Crippen LogP contribution in [0.25, 0.3) is 0 Å². The van der Waals surface area contributed by atoms with E-state index in [4.69, 9.17) is 9.47 Å². The van der Waals surface area contributed by atoms with Crippen LogP contribution >= 0.6 is 0 Å². The smallest absolute Gasteiger partial charge is 0.306 e. The lowest BCUT2D eigenvalue weighted by atomic mass is 9.39. The third-order valence-electron chi connectivity index (χ3n) is 8.19. The fraction of sp³-hybridized carbons (Fsp3) is 0.700. The molecule has 2 saturated carbocycles. The number of ether oxygens (including phenoxy) is 2. The lowest BCUT2D eigenvalue weighted by molar-refractivity contribution is -0.305. The molecule has 0 amide bonds. The highest BCUT2D eigenvalue weighted by Gasteiger charge is 2.81. The molecule has 3 aliphatic carbocycles. The number of hydrogen-bond donors (Lipinski definition) is 3. The largest absolute Gasteiger partial charge is 0.462 e. The molecule has 9 atom stereocenters. The Morgan fingerprint density at radius 3 is 2.63 bits per heavy atom. The summed E-state index contributed by atoms with van der Waals surface area (Å²) in [6.07, 6.45) is -1.36. The number of ketones is 1. The predicted octanol–water partition coefficient (Wildman–Crippen LogP) is 0.0863. The SMILES string of the molecule is C=C1[C@@H](O)[C@@]2(O)OC[C@@]34[C@H]2[C@@]2(C)[C@@H](O)C(=O)C=C(C)[C@@H]2C[C@H]3OC(=O)C[C@@H]14. The van der Waals surface area contributed by atoms with Gasteiger partial charge >= 0.3 is 5.97 Å². The minimum atomic E-state index is -1.98. The Labute approximate surface area is 156 Å². The Kier molecular flexibility index (Phi) is 3.18. The maximum Gasteiger partial charge on any atom is 0.306 e. The number of esters is 1. The molecule has 0 aromatic heterocycles. The van der Waals surface area contributed by atoms with E-state index in [2.05, 4.69) is 6.58 Å². The van der Waals surface area contributed by atoms with Crippen molar-refractivity contribution in [1.82, 2.24) is 0 Å². The molecular formula is C20H24O7. The van der Waals surface area contributed by atoms with Crippen molar-refractivity contribution in [2.24, 2.45) is 28.6 Å². The van der Waals surface area contributed by atoms with Crippen LogP contribution in [0.15, 0.2) is 23.8 Å². The molecule has 2 heterocycles. The van der Waals surface area contributed by atoms with Crippen LogP contribution in [0.3, 0.4) is 0 Å². The van der Waals surface area contributed by atoms with Gasteiger partial charge in [-0.25, -0.2) is 0 Å². The van der Waals surface area contributed by atoms with Crippen molar-refractivity contribution >= 4 is 11.8 Å². The summed E-state index contributed by atoms with van der Waals surface area (Å²) in [6.45, 7) is 7.64. The third-order valence-corrected chi connectivity index (χ3v) is 8.19. The molecule has 7 nitrogen and oxygen atoms in total. The highest BCUT2D eigenvalue weighted by Crippen LogP contribution is 2.73. The Balaban J connectivity index is 1.79. The first kappa shape index (κ1) is 17.6. The van der Waals surface area contributed by atoms with E-state index in [-0.39, 0.29) is 24.9 Å². The molecule has 2 saturated heterocycles. The van der Waals surface area contributed by atoms with Crippen molar-refractivity contribution < 1.29 is 34.4 Å². The molecule has 0 aromatic carbocycles. The first-order valence-electron chi connectivity index (χ1n) is 9.41. The summed E-state index contributed by atoms with van der Waals surface area (Å²) in [5.41, 5.74) is -0.730. The number of fused-ring (bicyclic) bond motifs is 1. The van der Waals surface area contributed by atoms with Gasteiger partial charge in [0.05, 0.1) is 13.0 Å². The fourth-order valence-electron chi connectivity index (χ4n) is 7.14. The van der Waals surface area contributed by atoms with Crippen LogP contribution in [0, 0.1) is 28.6 Å². The second-order valence-corrected chi connectivity index (χ2v) is 9.15. The lowest BCUT2D eigenvalue weighted by Gasteiger charge is -2.66. The quantitative estimate of drug-likeness (QED) is 0.405. The molecule has 2 aliphatic heterocycles. The van der Waals surface area contributed by atoms with E-state index in [0.29, 0.717) is 12.0 Å². The summed E-state index contributed by atoms with van der Waals surface area (Å²) in [7, 11) is 0. The molecule has 7 heteroatoms. The average Bonchev–Trinajstić information content (AvgIpc) is 2.90. The van der Waals surface area contributed by atoms with Gasteiger partial charge in [0, 0.05) is 22.7 Å². The second kappa shape index (κ2) is 4.89. The Morgan fingerprint density at radius 1 is 1.22 bits per heavy atom. The molecule has 1 spiro atoms. The highest BCUT2D eigenvalue weighted by molar-refractivity contribution is 5.96. The molecule has 0 radical (unpaired) electrons. The van der Waals surface area contributed by atoms with Crippen LogP contribution in [0.2, 0.25) is 0 Å². The molecule has 5 rings (SSSR count). The molecule has 0 unspecified atom stereocenters. The molecule has 4 fully saturated rings. The zero-order chi connectivity index (χ0) is 19.5. The monoisotopic (exact) mass is 376 g/mol. The van der Waals surface area contributed by atoms with Crippen LogP contribution in [0.1, 0.15) is 26.7 Å². The number of hydrogen-bond acceptors (Lipinski definition) is 7. The second-order valence-electron chi connectivity index (χ2n) is 9.15. The summed E-state index contributed by atoms with van der Waals surface area (Å²) in [5, 5.41) is 33.3.